The van der Waals surface area contributed by atoms with Gasteiger partial charge in [0.05, 0.1) is 0 Å². The van der Waals surface area contributed by atoms with Crippen LogP contribution in [-0.2, 0) is 0 Å². The number of likely N-dealkylation sites (tertiary alicyclic amines) is 1. The van der Waals surface area contributed by atoms with E-state index in [4.69, 9.17) is 0 Å². The van der Waals surface area contributed by atoms with Gasteiger partial charge in [-0.25, -0.2) is 0 Å². The van der Waals surface area contributed by atoms with Gasteiger partial charge in [0.15, 0.2) is 0 Å². The van der Waals surface area contributed by atoms with E-state index in [1.54, 1.807) is 0 Å². The molecule has 2 heterocycles. The number of piperidine rings is 1. The van der Waals surface area contributed by atoms with E-state index < -0.39 is 0 Å². The van der Waals surface area contributed by atoms with Crippen molar-refractivity contribution in [2.75, 3.05) is 32.0 Å². The van der Waals surface area contributed by atoms with Crippen molar-refractivity contribution in [3.05, 3.63) is 5.01 Å². The fraction of sp³-hybridized carbons (Fsp3) is 0.769. The first-order valence-corrected chi connectivity index (χ1v) is 8.08. The van der Waals surface area contributed by atoms with Gasteiger partial charge in [-0.2, -0.15) is 0 Å². The maximum atomic E-state index is 12.0. The fourth-order valence-corrected chi connectivity index (χ4v) is 2.99. The van der Waals surface area contributed by atoms with Crippen LogP contribution >= 0.6 is 11.3 Å². The van der Waals surface area contributed by atoms with Gasteiger partial charge in [-0.15, -0.1) is 10.2 Å². The predicted molar refractivity (Wildman–Crippen MR) is 81.3 cm³/mol. The molecule has 1 aromatic heterocycles. The lowest BCUT2D eigenvalue weighted by atomic mass is 10.0. The highest BCUT2D eigenvalue weighted by Crippen LogP contribution is 2.16. The van der Waals surface area contributed by atoms with Crippen LogP contribution in [0.15, 0.2) is 0 Å². The number of likely N-dealkylation sites (N-methyl/N-ethyl adjacent to an activating group) is 1. The Morgan fingerprint density at radius 3 is 3.05 bits per heavy atom. The first kappa shape index (κ1) is 15.2. The molecule has 0 aliphatic carbocycles. The molecule has 1 atom stereocenters. The Kier molecular flexibility index (Phi) is 5.72. The molecule has 1 aromatic rings. The average Bonchev–Trinajstić information content (AvgIpc) is 2.93. The monoisotopic (exact) mass is 297 g/mol. The fourth-order valence-electron chi connectivity index (χ4n) is 2.31. The molecular formula is C13H23N5OS. The van der Waals surface area contributed by atoms with Gasteiger partial charge in [0.2, 0.25) is 10.1 Å². The summed E-state index contributed by atoms with van der Waals surface area (Å²) in [5.74, 6) is -0.119. The number of hydrogen-bond acceptors (Lipinski definition) is 6. The molecule has 112 valence electrons. The molecule has 0 bridgehead atoms. The lowest BCUT2D eigenvalue weighted by Crippen LogP contribution is -2.44. The Morgan fingerprint density at radius 1 is 1.45 bits per heavy atom. The lowest BCUT2D eigenvalue weighted by Gasteiger charge is -2.32. The van der Waals surface area contributed by atoms with Gasteiger partial charge in [0.1, 0.15) is 0 Å². The van der Waals surface area contributed by atoms with Crippen LogP contribution in [0.3, 0.4) is 0 Å². The third-order valence-corrected chi connectivity index (χ3v) is 4.44. The number of amides is 1. The number of nitrogens with zero attached hydrogens (tertiary/aromatic N) is 3. The van der Waals surface area contributed by atoms with Crippen LogP contribution in [0, 0.1) is 0 Å². The molecule has 1 amide bonds. The molecule has 7 heteroatoms. The number of anilines is 1. The van der Waals surface area contributed by atoms with E-state index in [-0.39, 0.29) is 5.91 Å². The maximum absolute atomic E-state index is 12.0. The van der Waals surface area contributed by atoms with Gasteiger partial charge in [0.25, 0.3) is 5.91 Å². The summed E-state index contributed by atoms with van der Waals surface area (Å²) < 4.78 is 0. The topological polar surface area (TPSA) is 70.1 Å². The number of carbonyl (C=O) groups excluding carboxylic acids is 1. The van der Waals surface area contributed by atoms with E-state index in [9.17, 15) is 4.79 Å². The second kappa shape index (κ2) is 7.54. The van der Waals surface area contributed by atoms with Crippen molar-refractivity contribution >= 4 is 22.4 Å². The molecule has 1 saturated heterocycles. The van der Waals surface area contributed by atoms with Crippen molar-refractivity contribution in [1.82, 2.24) is 20.4 Å². The molecule has 0 radical (unpaired) electrons. The minimum absolute atomic E-state index is 0.119. The number of aromatic nitrogens is 2. The Labute approximate surface area is 124 Å². The molecule has 2 rings (SSSR count). The van der Waals surface area contributed by atoms with Crippen molar-refractivity contribution in [3.63, 3.8) is 0 Å². The minimum atomic E-state index is -0.119. The summed E-state index contributed by atoms with van der Waals surface area (Å²) in [6, 6.07) is 0.443. The molecule has 1 aliphatic heterocycles. The van der Waals surface area contributed by atoms with Crippen LogP contribution in [0.4, 0.5) is 5.13 Å². The highest BCUT2D eigenvalue weighted by atomic mass is 32.1. The van der Waals surface area contributed by atoms with E-state index in [1.807, 2.05) is 0 Å². The van der Waals surface area contributed by atoms with Gasteiger partial charge < -0.3 is 15.5 Å². The third kappa shape index (κ3) is 4.14. The minimum Gasteiger partial charge on any atom is -0.360 e. The van der Waals surface area contributed by atoms with E-state index in [0.29, 0.717) is 22.7 Å². The second-order valence-corrected chi connectivity index (χ2v) is 6.16. The van der Waals surface area contributed by atoms with Crippen molar-refractivity contribution in [2.24, 2.45) is 0 Å². The van der Waals surface area contributed by atoms with Crippen LogP contribution in [0.5, 0.6) is 0 Å². The van der Waals surface area contributed by atoms with Crippen molar-refractivity contribution in [1.29, 1.82) is 0 Å². The van der Waals surface area contributed by atoms with E-state index >= 15 is 0 Å². The number of nitrogens with one attached hydrogen (secondary N) is 2. The Bertz CT molecular complexity index is 436. The SMILES string of the molecule is CCCNc1nnc(C(=O)NCC2CCCCN2C)s1. The van der Waals surface area contributed by atoms with Gasteiger partial charge >= 0.3 is 0 Å². The predicted octanol–water partition coefficient (Wildman–Crippen LogP) is 1.57. The third-order valence-electron chi connectivity index (χ3n) is 3.57. The summed E-state index contributed by atoms with van der Waals surface area (Å²) in [4.78, 5) is 14.3. The molecule has 2 N–H and O–H groups in total. The molecule has 0 saturated carbocycles. The second-order valence-electron chi connectivity index (χ2n) is 5.18. The lowest BCUT2D eigenvalue weighted by molar-refractivity contribution is 0.0927. The summed E-state index contributed by atoms with van der Waals surface area (Å²) in [5, 5.41) is 15.2. The summed E-state index contributed by atoms with van der Waals surface area (Å²) >= 11 is 1.31. The van der Waals surface area contributed by atoms with Crippen molar-refractivity contribution < 1.29 is 4.79 Å². The Hall–Kier alpha value is -1.21. The first-order chi connectivity index (χ1) is 9.70. The summed E-state index contributed by atoms with van der Waals surface area (Å²) in [5.41, 5.74) is 0. The van der Waals surface area contributed by atoms with Crippen LogP contribution in [0.1, 0.15) is 42.4 Å². The molecular weight excluding hydrogens is 274 g/mol. The van der Waals surface area contributed by atoms with Gasteiger partial charge in [-0.05, 0) is 32.9 Å². The van der Waals surface area contributed by atoms with E-state index in [2.05, 4.69) is 39.7 Å². The number of rotatable bonds is 6. The maximum Gasteiger partial charge on any atom is 0.282 e. The molecule has 1 aliphatic rings. The van der Waals surface area contributed by atoms with Crippen LogP contribution in [0.25, 0.3) is 0 Å². The molecule has 0 spiro atoms. The molecule has 1 unspecified atom stereocenters. The molecule has 6 nitrogen and oxygen atoms in total. The zero-order valence-corrected chi connectivity index (χ0v) is 13.0. The van der Waals surface area contributed by atoms with Gasteiger partial charge in [-0.3, -0.25) is 4.79 Å². The standard InChI is InChI=1S/C13H23N5OS/c1-3-7-14-13-17-16-12(20-13)11(19)15-9-10-6-4-5-8-18(10)2/h10H,3-9H2,1-2H3,(H,14,17)(H,15,19). The quantitative estimate of drug-likeness (QED) is 0.834. The smallest absolute Gasteiger partial charge is 0.282 e. The zero-order valence-electron chi connectivity index (χ0n) is 12.2. The van der Waals surface area contributed by atoms with E-state index in [0.717, 1.165) is 25.9 Å². The van der Waals surface area contributed by atoms with Crippen molar-refractivity contribution in [2.45, 2.75) is 38.6 Å². The summed E-state index contributed by atoms with van der Waals surface area (Å²) in [7, 11) is 2.12. The molecule has 0 aromatic carbocycles. The first-order valence-electron chi connectivity index (χ1n) is 7.26. The highest BCUT2D eigenvalue weighted by molar-refractivity contribution is 7.17. The highest BCUT2D eigenvalue weighted by Gasteiger charge is 2.20. The Morgan fingerprint density at radius 2 is 2.30 bits per heavy atom. The number of carbonyl (C=O) groups is 1. The molecule has 1 fully saturated rings. The van der Waals surface area contributed by atoms with E-state index in [1.165, 1.54) is 24.2 Å². The van der Waals surface area contributed by atoms with Crippen LogP contribution < -0.4 is 10.6 Å². The summed E-state index contributed by atoms with van der Waals surface area (Å²) in [6.07, 6.45) is 4.67. The summed E-state index contributed by atoms with van der Waals surface area (Å²) in [6.45, 7) is 4.74. The Balaban J connectivity index is 1.80. The zero-order chi connectivity index (χ0) is 14.4. The van der Waals surface area contributed by atoms with Crippen LogP contribution in [0.2, 0.25) is 0 Å². The van der Waals surface area contributed by atoms with Crippen molar-refractivity contribution in [3.8, 4) is 0 Å². The van der Waals surface area contributed by atoms with Gasteiger partial charge in [-0.1, -0.05) is 24.7 Å². The molecule has 20 heavy (non-hydrogen) atoms. The van der Waals surface area contributed by atoms with Gasteiger partial charge in [0, 0.05) is 19.1 Å². The number of hydrogen-bond donors (Lipinski definition) is 2. The van der Waals surface area contributed by atoms with Crippen LogP contribution in [-0.4, -0.2) is 53.7 Å². The normalized spacial score (nSPS) is 19.8. The average molecular weight is 297 g/mol. The largest absolute Gasteiger partial charge is 0.360 e.